The minimum atomic E-state index is -1.53. The first kappa shape index (κ1) is 10.8. The number of hydrogen-bond acceptors (Lipinski definition) is 3. The molecule has 1 aromatic heterocycles. The second-order valence-corrected chi connectivity index (χ2v) is 4.76. The van der Waals surface area contributed by atoms with E-state index in [1.165, 1.54) is 0 Å². The Morgan fingerprint density at radius 1 is 1.06 bits per heavy atom. The van der Waals surface area contributed by atoms with Gasteiger partial charge in [-0.05, 0) is 18.2 Å². The summed E-state index contributed by atoms with van der Waals surface area (Å²) >= 11 is 3.38. The highest BCUT2D eigenvalue weighted by atomic mass is 79.9. The Morgan fingerprint density at radius 2 is 1.88 bits per heavy atom. The Morgan fingerprint density at radius 3 is 2.65 bits per heavy atom. The number of rotatable bonds is 1. The average Bonchev–Trinajstić information content (AvgIpc) is 2.65. The molecule has 0 aliphatic rings. The molecule has 3 rings (SSSR count). The van der Waals surface area contributed by atoms with E-state index in [0.29, 0.717) is 11.0 Å². The smallest absolute Gasteiger partial charge is 0.456 e. The van der Waals surface area contributed by atoms with Crippen LogP contribution in [0, 0.1) is 0 Å². The molecule has 0 atom stereocenters. The predicted molar refractivity (Wildman–Crippen MR) is 71.2 cm³/mol. The highest BCUT2D eigenvalue weighted by molar-refractivity contribution is 9.10. The maximum Gasteiger partial charge on any atom is 0.492 e. The lowest BCUT2D eigenvalue weighted by molar-refractivity contribution is 0.425. The fourth-order valence-corrected chi connectivity index (χ4v) is 2.34. The molecule has 0 bridgehead atoms. The van der Waals surface area contributed by atoms with Gasteiger partial charge in [-0.2, -0.15) is 0 Å². The number of fused-ring (bicyclic) bond motifs is 3. The van der Waals surface area contributed by atoms with Crippen LogP contribution in [-0.2, 0) is 0 Å². The zero-order valence-electron chi connectivity index (χ0n) is 8.72. The van der Waals surface area contributed by atoms with Gasteiger partial charge >= 0.3 is 7.12 Å². The van der Waals surface area contributed by atoms with Gasteiger partial charge in [0.25, 0.3) is 0 Å². The zero-order chi connectivity index (χ0) is 12.0. The van der Waals surface area contributed by atoms with Crippen LogP contribution in [-0.4, -0.2) is 17.2 Å². The van der Waals surface area contributed by atoms with Crippen LogP contribution in [0.25, 0.3) is 21.9 Å². The van der Waals surface area contributed by atoms with E-state index >= 15 is 0 Å². The molecule has 3 nitrogen and oxygen atoms in total. The Hall–Kier alpha value is -1.30. The molecule has 1 heterocycles. The third-order valence-corrected chi connectivity index (χ3v) is 3.26. The average molecular weight is 291 g/mol. The molecule has 3 aromatic rings. The van der Waals surface area contributed by atoms with Crippen molar-refractivity contribution in [3.05, 3.63) is 40.9 Å². The van der Waals surface area contributed by atoms with Crippen molar-refractivity contribution in [1.82, 2.24) is 0 Å². The molecule has 5 heteroatoms. The highest BCUT2D eigenvalue weighted by Crippen LogP contribution is 2.29. The summed E-state index contributed by atoms with van der Waals surface area (Å²) in [7, 11) is -1.53. The van der Waals surface area contributed by atoms with Crippen molar-refractivity contribution in [3.63, 3.8) is 0 Å². The van der Waals surface area contributed by atoms with Crippen LogP contribution in [0.3, 0.4) is 0 Å². The van der Waals surface area contributed by atoms with Gasteiger partial charge in [0.05, 0.1) is 0 Å². The van der Waals surface area contributed by atoms with Crippen molar-refractivity contribution in [2.24, 2.45) is 0 Å². The summed E-state index contributed by atoms with van der Waals surface area (Å²) in [6, 6.07) is 11.1. The second kappa shape index (κ2) is 3.87. The normalized spacial score (nSPS) is 11.2. The van der Waals surface area contributed by atoms with Gasteiger partial charge in [0, 0.05) is 20.7 Å². The van der Waals surface area contributed by atoms with Crippen LogP contribution < -0.4 is 5.46 Å². The number of para-hydroxylation sites is 1. The molecular formula is C12H8BBrO3. The van der Waals surface area contributed by atoms with E-state index < -0.39 is 7.12 Å². The number of benzene rings is 2. The van der Waals surface area contributed by atoms with E-state index in [9.17, 15) is 10.0 Å². The van der Waals surface area contributed by atoms with Gasteiger partial charge in [-0.3, -0.25) is 0 Å². The third-order valence-electron chi connectivity index (χ3n) is 2.77. The van der Waals surface area contributed by atoms with Gasteiger partial charge in [0.1, 0.15) is 11.2 Å². The Labute approximate surface area is 106 Å². The lowest BCUT2D eigenvalue weighted by atomic mass is 9.79. The van der Waals surface area contributed by atoms with Gasteiger partial charge in [-0.1, -0.05) is 34.1 Å². The largest absolute Gasteiger partial charge is 0.492 e. The molecule has 0 aliphatic carbocycles. The minimum absolute atomic E-state index is 0.384. The molecule has 0 saturated heterocycles. The van der Waals surface area contributed by atoms with Crippen molar-refractivity contribution in [2.45, 2.75) is 0 Å². The summed E-state index contributed by atoms with van der Waals surface area (Å²) in [5, 5.41) is 20.4. The van der Waals surface area contributed by atoms with Crippen LogP contribution >= 0.6 is 15.9 Å². The summed E-state index contributed by atoms with van der Waals surface area (Å²) in [4.78, 5) is 0. The van der Waals surface area contributed by atoms with Gasteiger partial charge in [-0.15, -0.1) is 0 Å². The summed E-state index contributed by atoms with van der Waals surface area (Å²) in [6.07, 6.45) is 0. The highest BCUT2D eigenvalue weighted by Gasteiger charge is 2.18. The SMILES string of the molecule is OB(O)c1cccc2c1oc1cc(Br)ccc12. The van der Waals surface area contributed by atoms with Gasteiger partial charge in [0.2, 0.25) is 0 Å². The van der Waals surface area contributed by atoms with Crippen LogP contribution in [0.4, 0.5) is 0 Å². The van der Waals surface area contributed by atoms with Crippen molar-refractivity contribution in [2.75, 3.05) is 0 Å². The molecule has 0 spiro atoms. The van der Waals surface area contributed by atoms with E-state index in [-0.39, 0.29) is 0 Å². The first-order chi connectivity index (χ1) is 8.16. The van der Waals surface area contributed by atoms with Crippen LogP contribution in [0.5, 0.6) is 0 Å². The van der Waals surface area contributed by atoms with E-state index in [0.717, 1.165) is 20.8 Å². The predicted octanol–water partition coefficient (Wildman–Crippen LogP) is 2.03. The number of halogens is 1. The molecule has 0 aliphatic heterocycles. The van der Waals surface area contributed by atoms with E-state index in [4.69, 9.17) is 4.42 Å². The first-order valence-electron chi connectivity index (χ1n) is 5.13. The Bertz CT molecular complexity index is 705. The maximum absolute atomic E-state index is 9.29. The zero-order valence-corrected chi connectivity index (χ0v) is 10.3. The van der Waals surface area contributed by atoms with Crippen molar-refractivity contribution in [1.29, 1.82) is 0 Å². The summed E-state index contributed by atoms with van der Waals surface area (Å²) in [6.45, 7) is 0. The molecule has 0 unspecified atom stereocenters. The van der Waals surface area contributed by atoms with Crippen LogP contribution in [0.15, 0.2) is 45.3 Å². The fraction of sp³-hybridized carbons (Fsp3) is 0. The fourth-order valence-electron chi connectivity index (χ4n) is 2.00. The standard InChI is InChI=1S/C12H8BBrO3/c14-7-4-5-8-9-2-1-3-10(13(15)16)12(9)17-11(8)6-7/h1-6,15-16H. The van der Waals surface area contributed by atoms with Crippen molar-refractivity contribution in [3.8, 4) is 0 Å². The summed E-state index contributed by atoms with van der Waals surface area (Å²) in [5.74, 6) is 0. The molecular weight excluding hydrogens is 283 g/mol. The minimum Gasteiger partial charge on any atom is -0.456 e. The van der Waals surface area contributed by atoms with Crippen molar-refractivity contribution < 1.29 is 14.5 Å². The number of furan rings is 1. The number of hydrogen-bond donors (Lipinski definition) is 2. The molecule has 2 aromatic carbocycles. The van der Waals surface area contributed by atoms with Crippen LogP contribution in [0.1, 0.15) is 0 Å². The quantitative estimate of drug-likeness (QED) is 0.674. The monoisotopic (exact) mass is 290 g/mol. The molecule has 2 N–H and O–H groups in total. The molecule has 0 radical (unpaired) electrons. The van der Waals surface area contributed by atoms with Crippen molar-refractivity contribution >= 4 is 50.4 Å². The Kier molecular flexibility index (Phi) is 2.47. The first-order valence-corrected chi connectivity index (χ1v) is 5.93. The van der Waals surface area contributed by atoms with E-state index in [1.807, 2.05) is 24.3 Å². The topological polar surface area (TPSA) is 53.6 Å². The molecule has 0 saturated carbocycles. The van der Waals surface area contributed by atoms with Gasteiger partial charge < -0.3 is 14.5 Å². The molecule has 84 valence electrons. The maximum atomic E-state index is 9.29. The molecule has 17 heavy (non-hydrogen) atoms. The van der Waals surface area contributed by atoms with E-state index in [2.05, 4.69) is 15.9 Å². The molecule has 0 amide bonds. The van der Waals surface area contributed by atoms with Gasteiger partial charge in [0.15, 0.2) is 0 Å². The summed E-state index contributed by atoms with van der Waals surface area (Å²) in [5.41, 5.74) is 1.63. The third kappa shape index (κ3) is 1.67. The summed E-state index contributed by atoms with van der Waals surface area (Å²) < 4.78 is 6.60. The van der Waals surface area contributed by atoms with E-state index in [1.54, 1.807) is 12.1 Å². The lowest BCUT2D eigenvalue weighted by Gasteiger charge is -1.98. The lowest BCUT2D eigenvalue weighted by Crippen LogP contribution is -2.29. The van der Waals surface area contributed by atoms with Gasteiger partial charge in [-0.25, -0.2) is 0 Å². The Balaban J connectivity index is 2.46. The second-order valence-electron chi connectivity index (χ2n) is 3.84. The molecule has 0 fully saturated rings. The van der Waals surface area contributed by atoms with Crippen LogP contribution in [0.2, 0.25) is 0 Å².